The Morgan fingerprint density at radius 3 is 0.946 bits per heavy atom. The van der Waals surface area contributed by atoms with Crippen LogP contribution in [0.25, 0.3) is 0 Å². The Balaban J connectivity index is 4.49. The van der Waals surface area contributed by atoms with E-state index in [0.717, 1.165) is 116 Å². The van der Waals surface area contributed by atoms with E-state index in [4.69, 9.17) is 14.2 Å². The summed E-state index contributed by atoms with van der Waals surface area (Å²) in [6.45, 7) is 6.47. The predicted molar refractivity (Wildman–Crippen MR) is 320 cm³/mol. The Morgan fingerprint density at radius 1 is 0.297 bits per heavy atom. The maximum absolute atomic E-state index is 12.9. The van der Waals surface area contributed by atoms with E-state index in [2.05, 4.69) is 130 Å². The largest absolute Gasteiger partial charge is 0.462 e. The van der Waals surface area contributed by atoms with Crippen molar-refractivity contribution in [1.82, 2.24) is 0 Å². The van der Waals surface area contributed by atoms with E-state index in [1.54, 1.807) is 0 Å². The number of hydrogen-bond acceptors (Lipinski definition) is 6. The Labute approximate surface area is 457 Å². The molecule has 0 saturated heterocycles. The van der Waals surface area contributed by atoms with Crippen LogP contribution in [0.5, 0.6) is 0 Å². The molecular weight excluding hydrogens is 913 g/mol. The van der Waals surface area contributed by atoms with Crippen molar-refractivity contribution in [3.8, 4) is 0 Å². The second-order valence-electron chi connectivity index (χ2n) is 20.3. The van der Waals surface area contributed by atoms with Crippen LogP contribution in [0.2, 0.25) is 0 Å². The van der Waals surface area contributed by atoms with Gasteiger partial charge in [-0.1, -0.05) is 259 Å². The van der Waals surface area contributed by atoms with Crippen molar-refractivity contribution in [3.63, 3.8) is 0 Å². The van der Waals surface area contributed by atoms with Crippen molar-refractivity contribution in [2.75, 3.05) is 13.2 Å². The summed E-state index contributed by atoms with van der Waals surface area (Å²) in [5, 5.41) is 0. The third-order valence-corrected chi connectivity index (χ3v) is 13.0. The number of hydrogen-bond donors (Lipinski definition) is 0. The lowest BCUT2D eigenvalue weighted by atomic mass is 10.1. The minimum absolute atomic E-state index is 0.0990. The van der Waals surface area contributed by atoms with E-state index in [1.807, 2.05) is 0 Å². The van der Waals surface area contributed by atoms with Gasteiger partial charge in [0.2, 0.25) is 0 Å². The number of carbonyl (C=O) groups is 3. The van der Waals surface area contributed by atoms with Crippen LogP contribution in [0, 0.1) is 0 Å². The fraction of sp³-hybridized carbons (Fsp3) is 0.691. The van der Waals surface area contributed by atoms with Gasteiger partial charge in [-0.15, -0.1) is 0 Å². The smallest absolute Gasteiger partial charge is 0.306 e. The molecule has 0 aliphatic rings. The fourth-order valence-corrected chi connectivity index (χ4v) is 8.39. The summed E-state index contributed by atoms with van der Waals surface area (Å²) < 4.78 is 16.9. The first-order valence-electron chi connectivity index (χ1n) is 30.9. The Kier molecular flexibility index (Phi) is 58.3. The Bertz CT molecular complexity index is 1510. The topological polar surface area (TPSA) is 78.9 Å². The zero-order valence-corrected chi connectivity index (χ0v) is 48.3. The molecule has 6 heteroatoms. The molecule has 422 valence electrons. The van der Waals surface area contributed by atoms with Crippen molar-refractivity contribution >= 4 is 17.9 Å². The van der Waals surface area contributed by atoms with Gasteiger partial charge >= 0.3 is 17.9 Å². The highest BCUT2D eigenvalue weighted by atomic mass is 16.6. The van der Waals surface area contributed by atoms with Gasteiger partial charge in [0, 0.05) is 19.3 Å². The van der Waals surface area contributed by atoms with Crippen molar-refractivity contribution in [2.45, 2.75) is 290 Å². The van der Waals surface area contributed by atoms with Crippen molar-refractivity contribution in [3.05, 3.63) is 109 Å². The number of allylic oxidation sites excluding steroid dienone is 18. The highest BCUT2D eigenvalue weighted by Crippen LogP contribution is 2.15. The maximum atomic E-state index is 12.9. The van der Waals surface area contributed by atoms with Gasteiger partial charge in [-0.25, -0.2) is 0 Å². The third kappa shape index (κ3) is 59.0. The van der Waals surface area contributed by atoms with E-state index in [-0.39, 0.29) is 31.1 Å². The maximum Gasteiger partial charge on any atom is 0.306 e. The van der Waals surface area contributed by atoms with Gasteiger partial charge in [-0.2, -0.15) is 0 Å². The molecule has 0 spiro atoms. The highest BCUT2D eigenvalue weighted by Gasteiger charge is 2.19. The molecule has 0 aliphatic heterocycles. The zero-order chi connectivity index (χ0) is 53.6. The van der Waals surface area contributed by atoms with Gasteiger partial charge in [0.05, 0.1) is 0 Å². The summed E-state index contributed by atoms with van der Waals surface area (Å²) in [6.07, 6.45) is 83.6. The average Bonchev–Trinajstić information content (AvgIpc) is 3.40. The average molecular weight is 1030 g/mol. The molecular formula is C68H114O6. The molecule has 0 saturated carbocycles. The Morgan fingerprint density at radius 2 is 0.568 bits per heavy atom. The number of esters is 3. The van der Waals surface area contributed by atoms with E-state index < -0.39 is 6.10 Å². The van der Waals surface area contributed by atoms with Crippen LogP contribution < -0.4 is 0 Å². The van der Waals surface area contributed by atoms with Crippen LogP contribution in [0.3, 0.4) is 0 Å². The summed E-state index contributed by atoms with van der Waals surface area (Å²) in [5.41, 5.74) is 0. The van der Waals surface area contributed by atoms with Crippen LogP contribution in [0.15, 0.2) is 109 Å². The monoisotopic (exact) mass is 1030 g/mol. The number of ether oxygens (including phenoxy) is 3. The quantitative estimate of drug-likeness (QED) is 0.0199. The number of carbonyl (C=O) groups excluding carboxylic acids is 3. The van der Waals surface area contributed by atoms with E-state index in [0.29, 0.717) is 19.3 Å². The molecule has 0 bridgehead atoms. The summed E-state index contributed by atoms with van der Waals surface area (Å²) in [5.74, 6) is -0.944. The van der Waals surface area contributed by atoms with Crippen LogP contribution in [0.1, 0.15) is 284 Å². The summed E-state index contributed by atoms with van der Waals surface area (Å²) in [6, 6.07) is 0. The third-order valence-electron chi connectivity index (χ3n) is 13.0. The van der Waals surface area contributed by atoms with Gasteiger partial charge in [-0.05, 0) is 116 Å². The molecule has 74 heavy (non-hydrogen) atoms. The van der Waals surface area contributed by atoms with Crippen LogP contribution >= 0.6 is 0 Å². The van der Waals surface area contributed by atoms with Crippen LogP contribution in [0.4, 0.5) is 0 Å². The van der Waals surface area contributed by atoms with Crippen LogP contribution in [-0.2, 0) is 28.6 Å². The second kappa shape index (κ2) is 61.6. The molecule has 1 unspecified atom stereocenters. The molecule has 0 rings (SSSR count). The van der Waals surface area contributed by atoms with E-state index in [1.165, 1.54) is 128 Å². The molecule has 0 amide bonds. The molecule has 0 aromatic heterocycles. The molecule has 6 nitrogen and oxygen atoms in total. The SMILES string of the molecule is CC/C=C\C/C=C\C/C=C\C/C=C\C/C=C\CCCCCC(=O)OCC(COC(=O)CCCCCCC/C=C\C=C/CCCCCCCCC)OC(=O)CCCCCCCCCCCC/C=C\C=C/CCCCC. The minimum atomic E-state index is -0.804. The lowest BCUT2D eigenvalue weighted by molar-refractivity contribution is -0.167. The van der Waals surface area contributed by atoms with Gasteiger partial charge in [-0.3, -0.25) is 14.4 Å². The van der Waals surface area contributed by atoms with Crippen LogP contribution in [-0.4, -0.2) is 37.2 Å². The first-order chi connectivity index (χ1) is 36.5. The van der Waals surface area contributed by atoms with Gasteiger partial charge < -0.3 is 14.2 Å². The Hall–Kier alpha value is -3.93. The van der Waals surface area contributed by atoms with Crippen molar-refractivity contribution in [2.24, 2.45) is 0 Å². The second-order valence-corrected chi connectivity index (χ2v) is 20.3. The molecule has 0 radical (unpaired) electrons. The van der Waals surface area contributed by atoms with Crippen molar-refractivity contribution < 1.29 is 28.6 Å². The normalized spacial score (nSPS) is 12.9. The van der Waals surface area contributed by atoms with E-state index >= 15 is 0 Å². The summed E-state index contributed by atoms with van der Waals surface area (Å²) in [7, 11) is 0. The molecule has 0 aliphatic carbocycles. The standard InChI is InChI=1S/C68H114O6/c1-4-7-10-13-16-19-22-25-28-31-34-37-40-43-46-49-52-55-58-61-67(70)73-64-65(63-72-66(69)60-57-54-51-48-45-42-39-36-33-30-27-24-21-18-15-12-9-6-3)74-68(71)62-59-56-53-50-47-44-41-38-35-32-29-26-23-20-17-14-11-8-5-2/h7,10,16-17,19-20,23,25-26,28,30,33-34,36-37,39,43,46,65H,4-6,8-9,11-15,18,21-22,24,27,29,31-32,35,38,40-42,44-45,47-64H2,1-3H3/b10-7-,19-16-,20-17-,26-23-,28-25-,33-30-,37-34-,39-36-,46-43-. The summed E-state index contributed by atoms with van der Waals surface area (Å²) in [4.78, 5) is 38.3. The predicted octanol–water partition coefficient (Wildman–Crippen LogP) is 21.0. The molecule has 0 heterocycles. The fourth-order valence-electron chi connectivity index (χ4n) is 8.39. The highest BCUT2D eigenvalue weighted by molar-refractivity contribution is 5.71. The van der Waals surface area contributed by atoms with Gasteiger partial charge in [0.15, 0.2) is 6.10 Å². The molecule has 1 atom stereocenters. The van der Waals surface area contributed by atoms with Gasteiger partial charge in [0.1, 0.15) is 13.2 Å². The lowest BCUT2D eigenvalue weighted by Crippen LogP contribution is -2.30. The minimum Gasteiger partial charge on any atom is -0.462 e. The summed E-state index contributed by atoms with van der Waals surface area (Å²) >= 11 is 0. The first kappa shape index (κ1) is 70.1. The first-order valence-corrected chi connectivity index (χ1v) is 30.9. The molecule has 0 fully saturated rings. The molecule has 0 aromatic rings. The van der Waals surface area contributed by atoms with E-state index in [9.17, 15) is 14.4 Å². The molecule has 0 aromatic carbocycles. The number of rotatable bonds is 55. The zero-order valence-electron chi connectivity index (χ0n) is 48.3. The number of unbranched alkanes of at least 4 members (excludes halogenated alkanes) is 28. The lowest BCUT2D eigenvalue weighted by Gasteiger charge is -2.18. The molecule has 0 N–H and O–H groups in total. The van der Waals surface area contributed by atoms with Crippen molar-refractivity contribution in [1.29, 1.82) is 0 Å². The van der Waals surface area contributed by atoms with Gasteiger partial charge in [0.25, 0.3) is 0 Å².